The molecular formula is C11H15NOS. The van der Waals surface area contributed by atoms with Crippen LogP contribution >= 0.6 is 0 Å². The molecule has 1 aromatic rings. The van der Waals surface area contributed by atoms with E-state index in [0.29, 0.717) is 5.56 Å². The van der Waals surface area contributed by atoms with Crippen LogP contribution in [0.3, 0.4) is 0 Å². The van der Waals surface area contributed by atoms with E-state index in [1.807, 2.05) is 18.2 Å². The third-order valence-electron chi connectivity index (χ3n) is 1.90. The molecule has 0 spiro atoms. The van der Waals surface area contributed by atoms with Gasteiger partial charge in [-0.25, -0.2) is 0 Å². The van der Waals surface area contributed by atoms with Crippen molar-refractivity contribution in [2.24, 2.45) is 4.36 Å². The molecule has 1 amide bonds. The molecule has 2 nitrogen and oxygen atoms in total. The van der Waals surface area contributed by atoms with Gasteiger partial charge in [0.2, 0.25) is 0 Å². The summed E-state index contributed by atoms with van der Waals surface area (Å²) in [5.74, 6) is 1.82. The van der Waals surface area contributed by atoms with Crippen LogP contribution < -0.4 is 0 Å². The number of hydrogen-bond donors (Lipinski definition) is 0. The van der Waals surface area contributed by atoms with Crippen LogP contribution in [0, 0.1) is 0 Å². The number of hydrogen-bond acceptors (Lipinski definition) is 1. The van der Waals surface area contributed by atoms with Gasteiger partial charge in [-0.3, -0.25) is 4.79 Å². The topological polar surface area (TPSA) is 29.4 Å². The largest absolute Gasteiger partial charge is 0.282 e. The number of carbonyl (C=O) groups is 1. The second-order valence-corrected chi connectivity index (χ2v) is 5.06. The molecule has 0 aliphatic rings. The van der Waals surface area contributed by atoms with Gasteiger partial charge in [0.1, 0.15) is 0 Å². The van der Waals surface area contributed by atoms with Gasteiger partial charge in [-0.2, -0.15) is 4.36 Å². The molecule has 14 heavy (non-hydrogen) atoms. The summed E-state index contributed by atoms with van der Waals surface area (Å²) in [7, 11) is -0.0935. The van der Waals surface area contributed by atoms with E-state index in [1.54, 1.807) is 12.1 Å². The smallest absolute Gasteiger partial charge is 0.266 e. The maximum Gasteiger partial charge on any atom is 0.282 e. The summed E-state index contributed by atoms with van der Waals surface area (Å²) in [6.07, 6.45) is 0. The van der Waals surface area contributed by atoms with Crippen molar-refractivity contribution in [1.29, 1.82) is 0 Å². The fourth-order valence-corrected chi connectivity index (χ4v) is 2.09. The van der Waals surface area contributed by atoms with Gasteiger partial charge in [0.25, 0.3) is 5.91 Å². The van der Waals surface area contributed by atoms with Crippen molar-refractivity contribution in [2.75, 3.05) is 11.5 Å². The minimum absolute atomic E-state index is 0.0855. The van der Waals surface area contributed by atoms with Gasteiger partial charge in [0.05, 0.1) is 0 Å². The lowest BCUT2D eigenvalue weighted by molar-refractivity contribution is 0.101. The molecule has 0 fully saturated rings. The highest BCUT2D eigenvalue weighted by atomic mass is 32.2. The van der Waals surface area contributed by atoms with Crippen molar-refractivity contribution in [3.8, 4) is 0 Å². The fraction of sp³-hybridized carbons (Fsp3) is 0.364. The van der Waals surface area contributed by atoms with Crippen molar-refractivity contribution in [2.45, 2.75) is 13.8 Å². The summed E-state index contributed by atoms with van der Waals surface area (Å²) < 4.78 is 4.17. The second kappa shape index (κ2) is 5.70. The standard InChI is InChI=1S/C11H15NOS/c1-3-14(4-2)12-11(13)10-8-6-5-7-9-10/h5-9H,3-4H2,1-2H3. The fourth-order valence-electron chi connectivity index (χ4n) is 1.08. The van der Waals surface area contributed by atoms with E-state index in [1.165, 1.54) is 0 Å². The lowest BCUT2D eigenvalue weighted by atomic mass is 10.2. The van der Waals surface area contributed by atoms with Gasteiger partial charge in [0.15, 0.2) is 0 Å². The van der Waals surface area contributed by atoms with Crippen LogP contribution in [-0.2, 0) is 10.7 Å². The third-order valence-corrected chi connectivity index (χ3v) is 3.66. The number of benzene rings is 1. The van der Waals surface area contributed by atoms with Crippen LogP contribution in [0.25, 0.3) is 0 Å². The lowest BCUT2D eigenvalue weighted by Crippen LogP contribution is -2.02. The first kappa shape index (κ1) is 11.1. The predicted molar refractivity (Wildman–Crippen MR) is 61.6 cm³/mol. The molecule has 3 heteroatoms. The van der Waals surface area contributed by atoms with Crippen molar-refractivity contribution >= 4 is 16.6 Å². The Balaban J connectivity index is 2.82. The normalized spacial score (nSPS) is 10.2. The molecule has 0 aromatic heterocycles. The van der Waals surface area contributed by atoms with Crippen molar-refractivity contribution < 1.29 is 4.79 Å². The zero-order valence-electron chi connectivity index (χ0n) is 8.56. The summed E-state index contributed by atoms with van der Waals surface area (Å²) in [4.78, 5) is 11.6. The van der Waals surface area contributed by atoms with Gasteiger partial charge in [-0.1, -0.05) is 42.7 Å². The first-order valence-corrected chi connectivity index (χ1v) is 6.28. The Morgan fingerprint density at radius 3 is 2.29 bits per heavy atom. The van der Waals surface area contributed by atoms with Gasteiger partial charge < -0.3 is 0 Å². The second-order valence-electron chi connectivity index (χ2n) is 2.80. The van der Waals surface area contributed by atoms with Crippen LogP contribution in [0.2, 0.25) is 0 Å². The zero-order valence-corrected chi connectivity index (χ0v) is 9.38. The average Bonchev–Trinajstić information content (AvgIpc) is 2.26. The molecule has 0 saturated carbocycles. The van der Waals surface area contributed by atoms with E-state index in [2.05, 4.69) is 18.2 Å². The highest BCUT2D eigenvalue weighted by molar-refractivity contribution is 7.87. The Kier molecular flexibility index (Phi) is 4.53. The maximum atomic E-state index is 11.6. The van der Waals surface area contributed by atoms with Gasteiger partial charge in [-0.05, 0) is 12.1 Å². The van der Waals surface area contributed by atoms with Crippen molar-refractivity contribution in [1.82, 2.24) is 0 Å². The number of amides is 1. The molecule has 0 aliphatic carbocycles. The first-order valence-electron chi connectivity index (χ1n) is 4.76. The molecule has 0 saturated heterocycles. The Morgan fingerprint density at radius 2 is 1.79 bits per heavy atom. The van der Waals surface area contributed by atoms with Crippen LogP contribution in [0.1, 0.15) is 24.2 Å². The molecule has 1 rings (SSSR count). The minimum Gasteiger partial charge on any atom is -0.266 e. The predicted octanol–water partition coefficient (Wildman–Crippen LogP) is 2.67. The molecule has 0 bridgehead atoms. The number of carbonyl (C=O) groups excluding carboxylic acids is 1. The summed E-state index contributed by atoms with van der Waals surface area (Å²) >= 11 is 0. The highest BCUT2D eigenvalue weighted by Gasteiger charge is 2.02. The monoisotopic (exact) mass is 209 g/mol. The minimum atomic E-state index is -0.0935. The van der Waals surface area contributed by atoms with E-state index in [-0.39, 0.29) is 16.6 Å². The van der Waals surface area contributed by atoms with Crippen LogP contribution in [-0.4, -0.2) is 17.4 Å². The molecule has 76 valence electrons. The molecule has 1 aromatic carbocycles. The quantitative estimate of drug-likeness (QED) is 0.752. The van der Waals surface area contributed by atoms with E-state index in [0.717, 1.165) is 11.5 Å². The third kappa shape index (κ3) is 3.07. The summed E-state index contributed by atoms with van der Waals surface area (Å²) in [6.45, 7) is 4.13. The Hall–Kier alpha value is -0.960. The molecular weight excluding hydrogens is 194 g/mol. The Bertz CT molecular complexity index is 326. The van der Waals surface area contributed by atoms with Crippen molar-refractivity contribution in [3.63, 3.8) is 0 Å². The maximum absolute atomic E-state index is 11.6. The van der Waals surface area contributed by atoms with E-state index in [4.69, 9.17) is 0 Å². The van der Waals surface area contributed by atoms with E-state index < -0.39 is 0 Å². The van der Waals surface area contributed by atoms with Gasteiger partial charge >= 0.3 is 0 Å². The highest BCUT2D eigenvalue weighted by Crippen LogP contribution is 2.02. The average molecular weight is 209 g/mol. The SMILES string of the molecule is CCS(CC)=NC(=O)c1ccccc1. The summed E-state index contributed by atoms with van der Waals surface area (Å²) in [5.41, 5.74) is 0.687. The Morgan fingerprint density at radius 1 is 1.21 bits per heavy atom. The van der Waals surface area contributed by atoms with Crippen LogP contribution in [0.4, 0.5) is 0 Å². The van der Waals surface area contributed by atoms with Gasteiger partial charge in [-0.15, -0.1) is 0 Å². The molecule has 0 radical (unpaired) electrons. The van der Waals surface area contributed by atoms with E-state index in [9.17, 15) is 4.79 Å². The van der Waals surface area contributed by atoms with Crippen LogP contribution in [0.15, 0.2) is 34.7 Å². The summed E-state index contributed by atoms with van der Waals surface area (Å²) in [6, 6.07) is 9.23. The molecule has 0 atom stereocenters. The molecule has 0 heterocycles. The Labute approximate surface area is 87.4 Å². The van der Waals surface area contributed by atoms with E-state index >= 15 is 0 Å². The number of rotatable bonds is 3. The van der Waals surface area contributed by atoms with Crippen molar-refractivity contribution in [3.05, 3.63) is 35.9 Å². The first-order chi connectivity index (χ1) is 6.77. The van der Waals surface area contributed by atoms with Crippen LogP contribution in [0.5, 0.6) is 0 Å². The molecule has 0 N–H and O–H groups in total. The lowest BCUT2D eigenvalue weighted by Gasteiger charge is -2.00. The zero-order chi connectivity index (χ0) is 10.4. The number of nitrogens with zero attached hydrogens (tertiary/aromatic N) is 1. The molecule has 0 aliphatic heterocycles. The molecule has 0 unspecified atom stereocenters. The van der Waals surface area contributed by atoms with Gasteiger partial charge in [0, 0.05) is 17.1 Å². The summed E-state index contributed by atoms with van der Waals surface area (Å²) in [5, 5.41) is 0.